The molecule has 0 aliphatic rings. The van der Waals surface area contributed by atoms with Crippen molar-refractivity contribution in [1.82, 2.24) is 4.98 Å². The van der Waals surface area contributed by atoms with E-state index in [1.54, 1.807) is 0 Å². The zero-order valence-corrected chi connectivity index (χ0v) is 8.39. The minimum absolute atomic E-state index is 0.174. The number of ketones is 1. The van der Waals surface area contributed by atoms with E-state index >= 15 is 0 Å². The molecule has 1 aromatic heterocycles. The second-order valence-electron chi connectivity index (χ2n) is 2.45. The first kappa shape index (κ1) is 11.2. The average molecular weight is 268 g/mol. The summed E-state index contributed by atoms with van der Waals surface area (Å²) in [6.07, 6.45) is -3.38. The molecule has 1 aromatic rings. The monoisotopic (exact) mass is 267 g/mol. The van der Waals surface area contributed by atoms with Crippen LogP contribution in [0.25, 0.3) is 0 Å². The Balaban J connectivity index is 3.23. The van der Waals surface area contributed by atoms with E-state index in [4.69, 9.17) is 0 Å². The highest BCUT2D eigenvalue weighted by atomic mass is 79.9. The second kappa shape index (κ2) is 4.08. The van der Waals surface area contributed by atoms with E-state index in [9.17, 15) is 18.0 Å². The maximum absolute atomic E-state index is 12.3. The van der Waals surface area contributed by atoms with Crippen molar-refractivity contribution in [3.8, 4) is 0 Å². The van der Waals surface area contributed by atoms with Crippen molar-refractivity contribution >= 4 is 21.7 Å². The van der Waals surface area contributed by atoms with E-state index in [2.05, 4.69) is 20.9 Å². The zero-order chi connectivity index (χ0) is 10.8. The number of carbonyl (C=O) groups is 1. The fraction of sp³-hybridized carbons (Fsp3) is 0.250. The Morgan fingerprint density at radius 2 is 2.14 bits per heavy atom. The molecule has 76 valence electrons. The molecule has 0 saturated heterocycles. The molecule has 0 aromatic carbocycles. The fourth-order valence-electron chi connectivity index (χ4n) is 0.920. The Hall–Kier alpha value is -0.910. The first-order valence-electron chi connectivity index (χ1n) is 3.58. The molecule has 0 N–H and O–H groups in total. The summed E-state index contributed by atoms with van der Waals surface area (Å²) in [6.45, 7) is 0. The molecule has 0 bridgehead atoms. The number of carbonyl (C=O) groups excluding carboxylic acids is 1. The Labute approximate surface area is 86.3 Å². The number of aromatic nitrogens is 1. The maximum Gasteiger partial charge on any atom is 0.418 e. The number of hydrogen-bond acceptors (Lipinski definition) is 2. The van der Waals surface area contributed by atoms with E-state index in [0.717, 1.165) is 18.3 Å². The molecule has 2 nitrogen and oxygen atoms in total. The molecule has 1 heterocycles. The number of nitrogens with zero attached hydrogens (tertiary/aromatic N) is 1. The number of alkyl halides is 4. The SMILES string of the molecule is O=C(CBr)c1ncccc1C(F)(F)F. The van der Waals surface area contributed by atoms with E-state index in [1.165, 1.54) is 0 Å². The van der Waals surface area contributed by atoms with Crippen molar-refractivity contribution in [2.24, 2.45) is 0 Å². The van der Waals surface area contributed by atoms with Crippen LogP contribution in [-0.4, -0.2) is 16.1 Å². The van der Waals surface area contributed by atoms with Crippen LogP contribution < -0.4 is 0 Å². The number of rotatable bonds is 2. The number of halogens is 4. The summed E-state index contributed by atoms with van der Waals surface area (Å²) in [5, 5.41) is -0.174. The molecule has 0 aliphatic heterocycles. The van der Waals surface area contributed by atoms with Gasteiger partial charge >= 0.3 is 6.18 Å². The summed E-state index contributed by atoms with van der Waals surface area (Å²) in [7, 11) is 0. The van der Waals surface area contributed by atoms with Crippen molar-refractivity contribution in [2.45, 2.75) is 6.18 Å². The van der Waals surface area contributed by atoms with Crippen molar-refractivity contribution < 1.29 is 18.0 Å². The molecule has 0 amide bonds. The molecule has 0 spiro atoms. The lowest BCUT2D eigenvalue weighted by Crippen LogP contribution is -2.15. The van der Waals surface area contributed by atoms with Crippen molar-refractivity contribution in [3.63, 3.8) is 0 Å². The van der Waals surface area contributed by atoms with Crippen LogP contribution in [0.4, 0.5) is 13.2 Å². The van der Waals surface area contributed by atoms with Gasteiger partial charge in [-0.2, -0.15) is 13.2 Å². The first-order chi connectivity index (χ1) is 6.46. The molecule has 6 heteroatoms. The third-order valence-electron chi connectivity index (χ3n) is 1.50. The van der Waals surface area contributed by atoms with E-state index in [1.807, 2.05) is 0 Å². The minimum Gasteiger partial charge on any atom is -0.291 e. The van der Waals surface area contributed by atoms with Gasteiger partial charge < -0.3 is 0 Å². The van der Waals surface area contributed by atoms with Gasteiger partial charge in [0.05, 0.1) is 10.9 Å². The summed E-state index contributed by atoms with van der Waals surface area (Å²) in [5.41, 5.74) is -1.54. The number of pyridine rings is 1. The van der Waals surface area contributed by atoms with Crippen LogP contribution in [0.2, 0.25) is 0 Å². The molecule has 0 fully saturated rings. The van der Waals surface area contributed by atoms with Crippen molar-refractivity contribution in [2.75, 3.05) is 5.33 Å². The van der Waals surface area contributed by atoms with Gasteiger partial charge in [0.25, 0.3) is 0 Å². The highest BCUT2D eigenvalue weighted by Crippen LogP contribution is 2.31. The average Bonchev–Trinajstić information content (AvgIpc) is 2.15. The predicted octanol–water partition coefficient (Wildman–Crippen LogP) is 2.68. The quantitative estimate of drug-likeness (QED) is 0.609. The molecule has 14 heavy (non-hydrogen) atoms. The maximum atomic E-state index is 12.3. The topological polar surface area (TPSA) is 30.0 Å². The summed E-state index contributed by atoms with van der Waals surface area (Å²) < 4.78 is 37.0. The smallest absolute Gasteiger partial charge is 0.291 e. The van der Waals surface area contributed by atoms with Gasteiger partial charge in [-0.3, -0.25) is 9.78 Å². The van der Waals surface area contributed by atoms with E-state index < -0.39 is 23.2 Å². The van der Waals surface area contributed by atoms with Gasteiger partial charge in [0.2, 0.25) is 0 Å². The summed E-state index contributed by atoms with van der Waals surface area (Å²) in [5.74, 6) is -0.682. The van der Waals surface area contributed by atoms with Gasteiger partial charge in [-0.25, -0.2) is 0 Å². The molecule has 0 atom stereocenters. The lowest BCUT2D eigenvalue weighted by atomic mass is 10.1. The van der Waals surface area contributed by atoms with Gasteiger partial charge in [0.1, 0.15) is 5.69 Å². The number of Topliss-reactive ketones (excluding diaryl/α,β-unsaturated/α-hetero) is 1. The lowest BCUT2D eigenvalue weighted by Gasteiger charge is -2.09. The molecule has 0 radical (unpaired) electrons. The van der Waals surface area contributed by atoms with Crippen LogP contribution in [0.3, 0.4) is 0 Å². The van der Waals surface area contributed by atoms with Crippen molar-refractivity contribution in [1.29, 1.82) is 0 Å². The lowest BCUT2D eigenvalue weighted by molar-refractivity contribution is -0.138. The van der Waals surface area contributed by atoms with Gasteiger partial charge in [-0.15, -0.1) is 0 Å². The summed E-state index contributed by atoms with van der Waals surface area (Å²) in [4.78, 5) is 14.5. The fourth-order valence-corrected chi connectivity index (χ4v) is 1.19. The van der Waals surface area contributed by atoms with Gasteiger partial charge in [-0.1, -0.05) is 15.9 Å². The van der Waals surface area contributed by atoms with Crippen LogP contribution in [-0.2, 0) is 6.18 Å². The second-order valence-corrected chi connectivity index (χ2v) is 3.01. The third-order valence-corrected chi connectivity index (χ3v) is 2.01. The summed E-state index contributed by atoms with van der Waals surface area (Å²) >= 11 is 2.80. The van der Waals surface area contributed by atoms with Crippen LogP contribution in [0.15, 0.2) is 18.3 Å². The summed E-state index contributed by atoms with van der Waals surface area (Å²) in [6, 6.07) is 1.98. The van der Waals surface area contributed by atoms with E-state index in [-0.39, 0.29) is 5.33 Å². The Kier molecular flexibility index (Phi) is 3.25. The number of hydrogen-bond donors (Lipinski definition) is 0. The van der Waals surface area contributed by atoms with Crippen molar-refractivity contribution in [3.05, 3.63) is 29.6 Å². The molecule has 0 unspecified atom stereocenters. The van der Waals surface area contributed by atoms with Crippen LogP contribution in [0.1, 0.15) is 16.1 Å². The molecule has 0 saturated carbocycles. The van der Waals surface area contributed by atoms with Crippen LogP contribution in [0, 0.1) is 0 Å². The zero-order valence-electron chi connectivity index (χ0n) is 6.81. The molecule has 1 rings (SSSR count). The van der Waals surface area contributed by atoms with Crippen LogP contribution >= 0.6 is 15.9 Å². The Morgan fingerprint density at radius 1 is 1.50 bits per heavy atom. The highest BCUT2D eigenvalue weighted by Gasteiger charge is 2.35. The highest BCUT2D eigenvalue weighted by molar-refractivity contribution is 9.09. The Bertz CT molecular complexity index is 351. The third kappa shape index (κ3) is 2.31. The molecule has 0 aliphatic carbocycles. The first-order valence-corrected chi connectivity index (χ1v) is 4.70. The van der Waals surface area contributed by atoms with E-state index in [0.29, 0.717) is 0 Å². The Morgan fingerprint density at radius 3 is 2.64 bits per heavy atom. The molecular weight excluding hydrogens is 263 g/mol. The van der Waals surface area contributed by atoms with Gasteiger partial charge in [-0.05, 0) is 12.1 Å². The van der Waals surface area contributed by atoms with Gasteiger partial charge in [0, 0.05) is 6.20 Å². The molecular formula is C8H5BrF3NO. The largest absolute Gasteiger partial charge is 0.418 e. The normalized spacial score (nSPS) is 11.4. The van der Waals surface area contributed by atoms with Gasteiger partial charge in [0.15, 0.2) is 5.78 Å². The minimum atomic E-state index is -4.54. The standard InChI is InChI=1S/C8H5BrF3NO/c9-4-6(14)7-5(8(10,11)12)2-1-3-13-7/h1-3H,4H2. The van der Waals surface area contributed by atoms with Crippen LogP contribution in [0.5, 0.6) is 0 Å². The predicted molar refractivity (Wildman–Crippen MR) is 47.4 cm³/mol.